The van der Waals surface area contributed by atoms with Gasteiger partial charge in [-0.05, 0) is 31.0 Å². The molecule has 2 aromatic rings. The zero-order valence-electron chi connectivity index (χ0n) is 11.2. The maximum Gasteiger partial charge on any atom is 0.259 e. The van der Waals surface area contributed by atoms with Crippen LogP contribution in [0.5, 0.6) is 0 Å². The van der Waals surface area contributed by atoms with Crippen LogP contribution < -0.4 is 5.32 Å². The summed E-state index contributed by atoms with van der Waals surface area (Å²) in [5, 5.41) is 7.21. The SMILES string of the molecule is CCc1nn(C)cc1C(=O)Nc1cccc(Br)c1C. The molecule has 0 saturated heterocycles. The van der Waals surface area contributed by atoms with Gasteiger partial charge in [0, 0.05) is 23.4 Å². The smallest absolute Gasteiger partial charge is 0.259 e. The summed E-state index contributed by atoms with van der Waals surface area (Å²) < 4.78 is 2.65. The normalized spacial score (nSPS) is 10.5. The minimum atomic E-state index is -0.119. The van der Waals surface area contributed by atoms with Gasteiger partial charge in [-0.15, -0.1) is 0 Å². The highest BCUT2D eigenvalue weighted by Crippen LogP contribution is 2.24. The first-order valence-electron chi connectivity index (χ1n) is 6.12. The molecule has 4 nitrogen and oxygen atoms in total. The lowest BCUT2D eigenvalue weighted by molar-refractivity contribution is 0.102. The molecule has 19 heavy (non-hydrogen) atoms. The quantitative estimate of drug-likeness (QED) is 0.942. The Balaban J connectivity index is 2.28. The number of aromatic nitrogens is 2. The fraction of sp³-hybridized carbons (Fsp3) is 0.286. The summed E-state index contributed by atoms with van der Waals surface area (Å²) in [4.78, 5) is 12.3. The van der Waals surface area contributed by atoms with Crippen LogP contribution >= 0.6 is 15.9 Å². The van der Waals surface area contributed by atoms with E-state index in [-0.39, 0.29) is 5.91 Å². The van der Waals surface area contributed by atoms with Crippen molar-refractivity contribution >= 4 is 27.5 Å². The van der Waals surface area contributed by atoms with E-state index in [0.29, 0.717) is 5.56 Å². The van der Waals surface area contributed by atoms with Gasteiger partial charge in [0.15, 0.2) is 0 Å². The van der Waals surface area contributed by atoms with Crippen LogP contribution in [0.4, 0.5) is 5.69 Å². The number of amides is 1. The minimum absolute atomic E-state index is 0.119. The monoisotopic (exact) mass is 321 g/mol. The molecule has 0 bridgehead atoms. The van der Waals surface area contributed by atoms with E-state index >= 15 is 0 Å². The van der Waals surface area contributed by atoms with Crippen LogP contribution in [0, 0.1) is 6.92 Å². The average Bonchev–Trinajstić information content (AvgIpc) is 2.76. The number of hydrogen-bond donors (Lipinski definition) is 1. The Labute approximate surface area is 120 Å². The number of aryl methyl sites for hydroxylation is 2. The molecule has 0 radical (unpaired) electrons. The van der Waals surface area contributed by atoms with E-state index in [0.717, 1.165) is 27.8 Å². The summed E-state index contributed by atoms with van der Waals surface area (Å²) in [7, 11) is 1.82. The van der Waals surface area contributed by atoms with Crippen molar-refractivity contribution in [2.24, 2.45) is 7.05 Å². The second kappa shape index (κ2) is 5.57. The Morgan fingerprint density at radius 3 is 2.89 bits per heavy atom. The molecule has 0 fully saturated rings. The van der Waals surface area contributed by atoms with Crippen LogP contribution in [0.25, 0.3) is 0 Å². The second-order valence-electron chi connectivity index (χ2n) is 4.38. The highest BCUT2D eigenvalue weighted by molar-refractivity contribution is 9.10. The number of nitrogens with one attached hydrogen (secondary N) is 1. The number of carbonyl (C=O) groups is 1. The summed E-state index contributed by atoms with van der Waals surface area (Å²) in [6, 6.07) is 5.74. The van der Waals surface area contributed by atoms with Crippen molar-refractivity contribution in [2.75, 3.05) is 5.32 Å². The van der Waals surface area contributed by atoms with E-state index in [1.165, 1.54) is 0 Å². The van der Waals surface area contributed by atoms with Gasteiger partial charge in [-0.2, -0.15) is 5.10 Å². The van der Waals surface area contributed by atoms with Crippen LogP contribution in [-0.2, 0) is 13.5 Å². The van der Waals surface area contributed by atoms with Gasteiger partial charge in [0.2, 0.25) is 0 Å². The fourth-order valence-corrected chi connectivity index (χ4v) is 2.28. The van der Waals surface area contributed by atoms with Gasteiger partial charge < -0.3 is 5.32 Å². The van der Waals surface area contributed by atoms with Crippen molar-refractivity contribution < 1.29 is 4.79 Å². The van der Waals surface area contributed by atoms with Crippen molar-refractivity contribution in [1.82, 2.24) is 9.78 Å². The molecule has 0 aliphatic rings. The number of rotatable bonds is 3. The summed E-state index contributed by atoms with van der Waals surface area (Å²) in [6.45, 7) is 3.95. The third-order valence-corrected chi connectivity index (χ3v) is 3.86. The molecule has 100 valence electrons. The highest BCUT2D eigenvalue weighted by Gasteiger charge is 2.15. The lowest BCUT2D eigenvalue weighted by Crippen LogP contribution is -2.14. The molecule has 0 aliphatic heterocycles. The van der Waals surface area contributed by atoms with Crippen molar-refractivity contribution in [2.45, 2.75) is 20.3 Å². The molecule has 1 amide bonds. The maximum absolute atomic E-state index is 12.3. The third kappa shape index (κ3) is 2.87. The van der Waals surface area contributed by atoms with Crippen molar-refractivity contribution in [3.8, 4) is 0 Å². The Morgan fingerprint density at radius 2 is 2.21 bits per heavy atom. The predicted molar refractivity (Wildman–Crippen MR) is 79.4 cm³/mol. The van der Waals surface area contributed by atoms with Gasteiger partial charge in [-0.25, -0.2) is 0 Å². The first kappa shape index (κ1) is 13.8. The lowest BCUT2D eigenvalue weighted by Gasteiger charge is -2.09. The van der Waals surface area contributed by atoms with Gasteiger partial charge in [-0.3, -0.25) is 9.48 Å². The molecule has 0 saturated carbocycles. The molecular weight excluding hydrogens is 306 g/mol. The summed E-state index contributed by atoms with van der Waals surface area (Å²) >= 11 is 3.46. The molecular formula is C14H16BrN3O. The largest absolute Gasteiger partial charge is 0.322 e. The van der Waals surface area contributed by atoms with Gasteiger partial charge in [0.1, 0.15) is 0 Å². The predicted octanol–water partition coefficient (Wildman–Crippen LogP) is 3.31. The number of nitrogens with zero attached hydrogens (tertiary/aromatic N) is 2. The summed E-state index contributed by atoms with van der Waals surface area (Å²) in [6.07, 6.45) is 2.49. The zero-order chi connectivity index (χ0) is 14.0. The van der Waals surface area contributed by atoms with Crippen LogP contribution in [0.15, 0.2) is 28.9 Å². The van der Waals surface area contributed by atoms with Crippen LogP contribution in [0.3, 0.4) is 0 Å². The first-order chi connectivity index (χ1) is 9.02. The lowest BCUT2D eigenvalue weighted by atomic mass is 10.1. The average molecular weight is 322 g/mol. The number of halogens is 1. The van der Waals surface area contributed by atoms with Crippen molar-refractivity contribution in [1.29, 1.82) is 0 Å². The van der Waals surface area contributed by atoms with Crippen LogP contribution in [0.2, 0.25) is 0 Å². The fourth-order valence-electron chi connectivity index (χ4n) is 1.92. The zero-order valence-corrected chi connectivity index (χ0v) is 12.8. The Kier molecular flexibility index (Phi) is 4.04. The van der Waals surface area contributed by atoms with Crippen molar-refractivity contribution in [3.05, 3.63) is 45.7 Å². The molecule has 5 heteroatoms. The second-order valence-corrected chi connectivity index (χ2v) is 5.24. The van der Waals surface area contributed by atoms with Gasteiger partial charge >= 0.3 is 0 Å². The number of benzene rings is 1. The molecule has 1 N–H and O–H groups in total. The summed E-state index contributed by atoms with van der Waals surface area (Å²) in [5.41, 5.74) is 3.26. The Bertz CT molecular complexity index is 619. The van der Waals surface area contributed by atoms with Crippen LogP contribution in [0.1, 0.15) is 28.5 Å². The standard InChI is InChI=1S/C14H16BrN3O/c1-4-12-10(8-18(3)17-12)14(19)16-13-7-5-6-11(15)9(13)2/h5-8H,4H2,1-3H3,(H,16,19). The molecule has 0 unspecified atom stereocenters. The molecule has 0 atom stereocenters. The molecule has 0 spiro atoms. The Morgan fingerprint density at radius 1 is 1.47 bits per heavy atom. The van der Waals surface area contributed by atoms with Gasteiger partial charge in [-0.1, -0.05) is 28.9 Å². The summed E-state index contributed by atoms with van der Waals surface area (Å²) in [5.74, 6) is -0.119. The first-order valence-corrected chi connectivity index (χ1v) is 6.91. The topological polar surface area (TPSA) is 46.9 Å². The van der Waals surface area contributed by atoms with Gasteiger partial charge in [0.05, 0.1) is 11.3 Å². The molecule has 0 aliphatic carbocycles. The molecule has 1 aromatic carbocycles. The van der Waals surface area contributed by atoms with E-state index in [1.807, 2.05) is 39.1 Å². The maximum atomic E-state index is 12.3. The number of hydrogen-bond acceptors (Lipinski definition) is 2. The molecule has 2 rings (SSSR count). The van der Waals surface area contributed by atoms with E-state index in [2.05, 4.69) is 26.3 Å². The van der Waals surface area contributed by atoms with Gasteiger partial charge in [0.25, 0.3) is 5.91 Å². The Hall–Kier alpha value is -1.62. The van der Waals surface area contributed by atoms with E-state index in [1.54, 1.807) is 10.9 Å². The van der Waals surface area contributed by atoms with E-state index < -0.39 is 0 Å². The van der Waals surface area contributed by atoms with Crippen molar-refractivity contribution in [3.63, 3.8) is 0 Å². The van der Waals surface area contributed by atoms with E-state index in [9.17, 15) is 4.79 Å². The molecule has 1 aromatic heterocycles. The third-order valence-electron chi connectivity index (χ3n) is 3.00. The number of anilines is 1. The highest BCUT2D eigenvalue weighted by atomic mass is 79.9. The molecule has 1 heterocycles. The van der Waals surface area contributed by atoms with Crippen LogP contribution in [-0.4, -0.2) is 15.7 Å². The minimum Gasteiger partial charge on any atom is -0.322 e. The van der Waals surface area contributed by atoms with E-state index in [4.69, 9.17) is 0 Å². The number of carbonyl (C=O) groups excluding carboxylic acids is 1.